The number of rotatable bonds is 6. The Bertz CT molecular complexity index is 445. The minimum Gasteiger partial charge on any atom is -0.300 e. The van der Waals surface area contributed by atoms with Crippen LogP contribution in [-0.2, 0) is 9.59 Å². The average Bonchev–Trinajstić information content (AvgIpc) is 2.30. The highest BCUT2D eigenvalue weighted by molar-refractivity contribution is 5.92. The maximum absolute atomic E-state index is 10.8. The molecule has 0 atom stereocenters. The number of benzene rings is 1. The number of para-hydroxylation sites is 2. The number of ketones is 2. The normalized spacial score (nSPS) is 11.2. The standard InChI is InChI=1S/C14H16N2O2/c1-11(17)7-9-15-13-5-3-4-6-14(13)16-10-8-12(2)18/h3-6,9-10H,7-8H2,1-2H3/b15-9-,16-10+. The van der Waals surface area contributed by atoms with Gasteiger partial charge in [0, 0.05) is 25.3 Å². The van der Waals surface area contributed by atoms with E-state index in [1.54, 1.807) is 12.4 Å². The van der Waals surface area contributed by atoms with Crippen molar-refractivity contribution in [2.45, 2.75) is 26.7 Å². The average molecular weight is 244 g/mol. The Morgan fingerprint density at radius 3 is 1.67 bits per heavy atom. The van der Waals surface area contributed by atoms with E-state index in [2.05, 4.69) is 9.98 Å². The number of nitrogens with zero attached hydrogens (tertiary/aromatic N) is 2. The Hall–Kier alpha value is -2.10. The molecule has 0 saturated heterocycles. The van der Waals surface area contributed by atoms with Crippen LogP contribution < -0.4 is 0 Å². The highest BCUT2D eigenvalue weighted by atomic mass is 16.1. The molecular formula is C14H16N2O2. The van der Waals surface area contributed by atoms with Crippen molar-refractivity contribution < 1.29 is 9.59 Å². The lowest BCUT2D eigenvalue weighted by Gasteiger charge is -1.98. The van der Waals surface area contributed by atoms with Crippen LogP contribution in [0.4, 0.5) is 11.4 Å². The van der Waals surface area contributed by atoms with Gasteiger partial charge in [-0.25, -0.2) is 0 Å². The van der Waals surface area contributed by atoms with Crippen molar-refractivity contribution in [1.82, 2.24) is 0 Å². The maximum Gasteiger partial charge on any atom is 0.135 e. The van der Waals surface area contributed by atoms with Gasteiger partial charge in [0.1, 0.15) is 11.6 Å². The molecule has 0 saturated carbocycles. The molecule has 1 rings (SSSR count). The van der Waals surface area contributed by atoms with Crippen molar-refractivity contribution in [3.05, 3.63) is 24.3 Å². The van der Waals surface area contributed by atoms with Crippen molar-refractivity contribution in [2.75, 3.05) is 0 Å². The molecular weight excluding hydrogens is 228 g/mol. The van der Waals surface area contributed by atoms with Gasteiger partial charge < -0.3 is 0 Å². The van der Waals surface area contributed by atoms with Crippen LogP contribution in [0.5, 0.6) is 0 Å². The molecule has 0 amide bonds. The van der Waals surface area contributed by atoms with E-state index in [1.807, 2.05) is 24.3 Å². The highest BCUT2D eigenvalue weighted by Crippen LogP contribution is 2.26. The summed E-state index contributed by atoms with van der Waals surface area (Å²) in [4.78, 5) is 30.0. The molecule has 0 bridgehead atoms. The van der Waals surface area contributed by atoms with Gasteiger partial charge in [-0.1, -0.05) is 12.1 Å². The summed E-state index contributed by atoms with van der Waals surface area (Å²) in [6.07, 6.45) is 3.76. The van der Waals surface area contributed by atoms with E-state index in [-0.39, 0.29) is 11.6 Å². The SMILES string of the molecule is CC(=O)C/C=N\c1ccccc1/N=C/CC(C)=O. The molecule has 4 nitrogen and oxygen atoms in total. The molecule has 0 aromatic heterocycles. The molecule has 18 heavy (non-hydrogen) atoms. The number of Topliss-reactive ketones (excluding diaryl/α,β-unsaturated/α-hetero) is 2. The van der Waals surface area contributed by atoms with Crippen LogP contribution in [0.1, 0.15) is 26.7 Å². The first-order valence-corrected chi connectivity index (χ1v) is 5.72. The highest BCUT2D eigenvalue weighted by Gasteiger charge is 1.97. The molecule has 0 N–H and O–H groups in total. The quantitative estimate of drug-likeness (QED) is 0.722. The first-order chi connectivity index (χ1) is 8.59. The zero-order chi connectivity index (χ0) is 13.4. The third-order valence-corrected chi connectivity index (χ3v) is 2.10. The van der Waals surface area contributed by atoms with Gasteiger partial charge in [-0.05, 0) is 26.0 Å². The van der Waals surface area contributed by atoms with Crippen LogP contribution in [0.3, 0.4) is 0 Å². The number of carbonyl (C=O) groups is 2. The Labute approximate surface area is 106 Å². The number of hydrogen-bond donors (Lipinski definition) is 0. The summed E-state index contributed by atoms with van der Waals surface area (Å²) in [6.45, 7) is 3.03. The van der Waals surface area contributed by atoms with Gasteiger partial charge >= 0.3 is 0 Å². The van der Waals surface area contributed by atoms with E-state index in [9.17, 15) is 9.59 Å². The molecule has 94 valence electrons. The molecule has 0 unspecified atom stereocenters. The van der Waals surface area contributed by atoms with E-state index in [0.29, 0.717) is 24.2 Å². The molecule has 0 fully saturated rings. The zero-order valence-electron chi connectivity index (χ0n) is 10.6. The van der Waals surface area contributed by atoms with Crippen molar-refractivity contribution in [1.29, 1.82) is 0 Å². The van der Waals surface area contributed by atoms with Crippen LogP contribution in [0, 0.1) is 0 Å². The van der Waals surface area contributed by atoms with Gasteiger partial charge in [-0.15, -0.1) is 0 Å². The lowest BCUT2D eigenvalue weighted by Crippen LogP contribution is -1.89. The van der Waals surface area contributed by atoms with Gasteiger partial charge in [0.05, 0.1) is 11.4 Å². The lowest BCUT2D eigenvalue weighted by atomic mass is 10.2. The summed E-state index contributed by atoms with van der Waals surface area (Å²) in [5.41, 5.74) is 1.39. The third-order valence-electron chi connectivity index (χ3n) is 2.10. The van der Waals surface area contributed by atoms with Crippen molar-refractivity contribution >= 4 is 35.4 Å². The van der Waals surface area contributed by atoms with Crippen LogP contribution in [0.25, 0.3) is 0 Å². The molecule has 1 aromatic carbocycles. The summed E-state index contributed by atoms with van der Waals surface area (Å²) in [6, 6.07) is 7.34. The fraction of sp³-hybridized carbons (Fsp3) is 0.286. The Morgan fingerprint density at radius 2 is 1.33 bits per heavy atom. The Kier molecular flexibility index (Phi) is 5.64. The van der Waals surface area contributed by atoms with E-state index >= 15 is 0 Å². The van der Waals surface area contributed by atoms with E-state index in [4.69, 9.17) is 0 Å². The first-order valence-electron chi connectivity index (χ1n) is 5.72. The summed E-state index contributed by atoms with van der Waals surface area (Å²) in [7, 11) is 0. The van der Waals surface area contributed by atoms with Crippen molar-refractivity contribution in [3.8, 4) is 0 Å². The van der Waals surface area contributed by atoms with Gasteiger partial charge in [0.15, 0.2) is 0 Å². The van der Waals surface area contributed by atoms with E-state index in [1.165, 1.54) is 13.8 Å². The number of carbonyl (C=O) groups excluding carboxylic acids is 2. The van der Waals surface area contributed by atoms with Crippen LogP contribution in [-0.4, -0.2) is 24.0 Å². The Balaban J connectivity index is 2.79. The summed E-state index contributed by atoms with van der Waals surface area (Å²) in [5, 5.41) is 0. The van der Waals surface area contributed by atoms with E-state index < -0.39 is 0 Å². The topological polar surface area (TPSA) is 58.9 Å². The molecule has 4 heteroatoms. The molecule has 0 spiro atoms. The summed E-state index contributed by atoms with van der Waals surface area (Å²) in [5.74, 6) is 0.132. The monoisotopic (exact) mass is 244 g/mol. The smallest absolute Gasteiger partial charge is 0.135 e. The van der Waals surface area contributed by atoms with Crippen LogP contribution >= 0.6 is 0 Å². The fourth-order valence-electron chi connectivity index (χ4n) is 1.23. The fourth-order valence-corrected chi connectivity index (χ4v) is 1.23. The molecule has 0 aliphatic heterocycles. The first kappa shape index (κ1) is 14.0. The molecule has 0 aliphatic rings. The molecule has 0 radical (unpaired) electrons. The minimum atomic E-state index is 0.0660. The number of hydrogen-bond acceptors (Lipinski definition) is 4. The second-order valence-corrected chi connectivity index (χ2v) is 3.92. The second kappa shape index (κ2) is 7.27. The van der Waals surface area contributed by atoms with E-state index in [0.717, 1.165) is 0 Å². The predicted octanol–water partition coefficient (Wildman–Crippen LogP) is 3.05. The lowest BCUT2D eigenvalue weighted by molar-refractivity contribution is -0.116. The number of aliphatic imine (C=N–C) groups is 2. The van der Waals surface area contributed by atoms with Crippen LogP contribution in [0.2, 0.25) is 0 Å². The molecule has 0 aliphatic carbocycles. The van der Waals surface area contributed by atoms with Crippen molar-refractivity contribution in [3.63, 3.8) is 0 Å². The van der Waals surface area contributed by atoms with Crippen LogP contribution in [0.15, 0.2) is 34.3 Å². The summed E-state index contributed by atoms with van der Waals surface area (Å²) >= 11 is 0. The van der Waals surface area contributed by atoms with Gasteiger partial charge in [-0.2, -0.15) is 0 Å². The van der Waals surface area contributed by atoms with Gasteiger partial charge in [0.25, 0.3) is 0 Å². The maximum atomic E-state index is 10.8. The summed E-state index contributed by atoms with van der Waals surface area (Å²) < 4.78 is 0. The Morgan fingerprint density at radius 1 is 0.944 bits per heavy atom. The van der Waals surface area contributed by atoms with Gasteiger partial charge in [0.2, 0.25) is 0 Å². The minimum absolute atomic E-state index is 0.0660. The molecule has 1 aromatic rings. The molecule has 0 heterocycles. The third kappa shape index (κ3) is 5.30. The van der Waals surface area contributed by atoms with Crippen molar-refractivity contribution in [2.24, 2.45) is 9.98 Å². The van der Waals surface area contributed by atoms with Gasteiger partial charge in [-0.3, -0.25) is 19.6 Å². The predicted molar refractivity (Wildman–Crippen MR) is 73.3 cm³/mol. The largest absolute Gasteiger partial charge is 0.300 e. The second-order valence-electron chi connectivity index (χ2n) is 3.92. The zero-order valence-corrected chi connectivity index (χ0v) is 10.6.